The molecule has 1 aromatic heterocycles. The highest BCUT2D eigenvalue weighted by atomic mass is 79.9. The summed E-state index contributed by atoms with van der Waals surface area (Å²) in [6.45, 7) is 4.76. The number of aryl methyl sites for hydroxylation is 1. The molecule has 1 aliphatic heterocycles. The minimum absolute atomic E-state index is 0.378. The van der Waals surface area contributed by atoms with Crippen LogP contribution in [0, 0.1) is 6.92 Å². The van der Waals surface area contributed by atoms with Gasteiger partial charge >= 0.3 is 0 Å². The lowest BCUT2D eigenvalue weighted by molar-refractivity contribution is 0.0480. The van der Waals surface area contributed by atoms with Gasteiger partial charge in [-0.1, -0.05) is 40.2 Å². The average molecular weight is 350 g/mol. The second-order valence-corrected chi connectivity index (χ2v) is 6.19. The predicted molar refractivity (Wildman–Crippen MR) is 89.3 cm³/mol. The molecule has 2 aromatic rings. The molecule has 0 aliphatic carbocycles. The smallest absolute Gasteiger partial charge is 0.159 e. The molecule has 0 unspecified atom stereocenters. The van der Waals surface area contributed by atoms with Crippen LogP contribution in [0.2, 0.25) is 0 Å². The van der Waals surface area contributed by atoms with Gasteiger partial charge in [0.25, 0.3) is 0 Å². The highest BCUT2D eigenvalue weighted by Crippen LogP contribution is 2.28. The Labute approximate surface area is 133 Å². The summed E-state index contributed by atoms with van der Waals surface area (Å²) in [6.07, 6.45) is 2.48. The molecule has 5 heteroatoms. The van der Waals surface area contributed by atoms with Crippen molar-refractivity contribution in [3.8, 4) is 0 Å². The molecule has 0 amide bonds. The molecule has 2 heterocycles. The second-order valence-electron chi connectivity index (χ2n) is 5.40. The molecular weight excluding hydrogens is 330 g/mol. The van der Waals surface area contributed by atoms with Crippen molar-refractivity contribution < 1.29 is 4.74 Å². The Morgan fingerprint density at radius 2 is 1.90 bits per heavy atom. The Morgan fingerprint density at radius 3 is 2.62 bits per heavy atom. The minimum atomic E-state index is 0.378. The van der Waals surface area contributed by atoms with Crippen LogP contribution in [0.4, 0.5) is 5.82 Å². The number of nitrogens with zero attached hydrogens (tertiary/aromatic N) is 3. The van der Waals surface area contributed by atoms with Crippen LogP contribution in [0.25, 0.3) is 10.8 Å². The van der Waals surface area contributed by atoms with Gasteiger partial charge in [-0.15, -0.1) is 5.10 Å². The highest BCUT2D eigenvalue weighted by molar-refractivity contribution is 9.09. The van der Waals surface area contributed by atoms with Crippen molar-refractivity contribution in [2.75, 3.05) is 29.9 Å². The Hall–Kier alpha value is -1.20. The van der Waals surface area contributed by atoms with E-state index in [9.17, 15) is 0 Å². The normalized spacial score (nSPS) is 16.6. The molecule has 1 aliphatic rings. The van der Waals surface area contributed by atoms with Gasteiger partial charge < -0.3 is 9.64 Å². The first-order chi connectivity index (χ1) is 10.3. The molecule has 0 spiro atoms. The van der Waals surface area contributed by atoms with E-state index >= 15 is 0 Å². The summed E-state index contributed by atoms with van der Waals surface area (Å²) in [7, 11) is 0. The van der Waals surface area contributed by atoms with Crippen LogP contribution >= 0.6 is 15.9 Å². The highest BCUT2D eigenvalue weighted by Gasteiger charge is 2.22. The molecule has 0 radical (unpaired) electrons. The van der Waals surface area contributed by atoms with Gasteiger partial charge in [-0.05, 0) is 19.8 Å². The first-order valence-corrected chi connectivity index (χ1v) is 8.56. The number of benzene rings is 1. The van der Waals surface area contributed by atoms with Crippen LogP contribution in [0.3, 0.4) is 0 Å². The fourth-order valence-electron chi connectivity index (χ4n) is 2.90. The Balaban J connectivity index is 1.78. The molecule has 1 fully saturated rings. The number of aromatic nitrogens is 2. The van der Waals surface area contributed by atoms with Gasteiger partial charge in [0.2, 0.25) is 0 Å². The SMILES string of the molecule is Cc1nnc(N2CCC(OCCBr)CC2)c2ccccc12. The van der Waals surface area contributed by atoms with Crippen molar-refractivity contribution in [1.82, 2.24) is 10.2 Å². The van der Waals surface area contributed by atoms with Crippen LogP contribution in [-0.2, 0) is 4.74 Å². The Kier molecular flexibility index (Phi) is 4.70. The summed E-state index contributed by atoms with van der Waals surface area (Å²) in [5.41, 5.74) is 0.991. The van der Waals surface area contributed by atoms with Crippen molar-refractivity contribution in [3.63, 3.8) is 0 Å². The third-order valence-corrected chi connectivity index (χ3v) is 4.35. The maximum Gasteiger partial charge on any atom is 0.159 e. The fraction of sp³-hybridized carbons (Fsp3) is 0.500. The number of hydrogen-bond acceptors (Lipinski definition) is 4. The maximum atomic E-state index is 5.81. The van der Waals surface area contributed by atoms with Gasteiger partial charge in [0.05, 0.1) is 18.4 Å². The largest absolute Gasteiger partial charge is 0.377 e. The average Bonchev–Trinajstić information content (AvgIpc) is 2.54. The van der Waals surface area contributed by atoms with Crippen LogP contribution in [0.1, 0.15) is 18.5 Å². The second kappa shape index (κ2) is 6.71. The molecule has 4 nitrogen and oxygen atoms in total. The molecule has 1 saturated heterocycles. The first-order valence-electron chi connectivity index (χ1n) is 7.44. The van der Waals surface area contributed by atoms with Gasteiger partial charge in [0.15, 0.2) is 5.82 Å². The number of rotatable bonds is 4. The number of ether oxygens (including phenoxy) is 1. The lowest BCUT2D eigenvalue weighted by Gasteiger charge is -2.33. The van der Waals surface area contributed by atoms with Gasteiger partial charge in [0, 0.05) is 29.2 Å². The van der Waals surface area contributed by atoms with E-state index in [-0.39, 0.29) is 0 Å². The fourth-order valence-corrected chi connectivity index (χ4v) is 3.09. The lowest BCUT2D eigenvalue weighted by Crippen LogP contribution is -2.38. The molecule has 0 atom stereocenters. The number of alkyl halides is 1. The minimum Gasteiger partial charge on any atom is -0.377 e. The zero-order valence-electron chi connectivity index (χ0n) is 12.3. The molecule has 21 heavy (non-hydrogen) atoms. The molecule has 0 N–H and O–H groups in total. The molecule has 1 aromatic carbocycles. The summed E-state index contributed by atoms with van der Waals surface area (Å²) in [6, 6.07) is 8.38. The van der Waals surface area contributed by atoms with E-state index in [1.165, 1.54) is 10.8 Å². The predicted octanol–water partition coefficient (Wildman–Crippen LogP) is 3.32. The molecule has 0 saturated carbocycles. The summed E-state index contributed by atoms with van der Waals surface area (Å²) in [4.78, 5) is 2.34. The van der Waals surface area contributed by atoms with E-state index < -0.39 is 0 Å². The maximum absolute atomic E-state index is 5.81. The van der Waals surface area contributed by atoms with Crippen molar-refractivity contribution in [2.24, 2.45) is 0 Å². The molecule has 0 bridgehead atoms. The van der Waals surface area contributed by atoms with Gasteiger partial charge in [0.1, 0.15) is 0 Å². The van der Waals surface area contributed by atoms with Crippen LogP contribution in [-0.4, -0.2) is 41.3 Å². The number of halogens is 1. The van der Waals surface area contributed by atoms with Gasteiger partial charge in [-0.25, -0.2) is 0 Å². The monoisotopic (exact) mass is 349 g/mol. The number of anilines is 1. The van der Waals surface area contributed by atoms with E-state index in [1.54, 1.807) is 0 Å². The van der Waals surface area contributed by atoms with Crippen molar-refractivity contribution >= 4 is 32.5 Å². The summed E-state index contributed by atoms with van der Waals surface area (Å²) < 4.78 is 5.81. The summed E-state index contributed by atoms with van der Waals surface area (Å²) >= 11 is 3.40. The van der Waals surface area contributed by atoms with E-state index in [0.29, 0.717) is 6.10 Å². The van der Waals surface area contributed by atoms with E-state index in [1.807, 2.05) is 6.92 Å². The number of fused-ring (bicyclic) bond motifs is 1. The van der Waals surface area contributed by atoms with E-state index in [0.717, 1.165) is 49.4 Å². The van der Waals surface area contributed by atoms with Gasteiger partial charge in [-0.3, -0.25) is 0 Å². The van der Waals surface area contributed by atoms with Crippen LogP contribution in [0.15, 0.2) is 24.3 Å². The van der Waals surface area contributed by atoms with Crippen molar-refractivity contribution in [2.45, 2.75) is 25.9 Å². The zero-order valence-corrected chi connectivity index (χ0v) is 13.8. The van der Waals surface area contributed by atoms with E-state index in [4.69, 9.17) is 4.74 Å². The molecular formula is C16H20BrN3O. The third kappa shape index (κ3) is 3.19. The van der Waals surface area contributed by atoms with Gasteiger partial charge in [-0.2, -0.15) is 5.10 Å². The zero-order chi connectivity index (χ0) is 14.7. The van der Waals surface area contributed by atoms with E-state index in [2.05, 4.69) is 55.3 Å². The number of piperidine rings is 1. The first kappa shape index (κ1) is 14.7. The Bertz CT molecular complexity index is 611. The topological polar surface area (TPSA) is 38.2 Å². The van der Waals surface area contributed by atoms with Crippen molar-refractivity contribution in [3.05, 3.63) is 30.0 Å². The lowest BCUT2D eigenvalue weighted by atomic mass is 10.1. The molecule has 3 rings (SSSR count). The van der Waals surface area contributed by atoms with Crippen LogP contribution in [0.5, 0.6) is 0 Å². The van der Waals surface area contributed by atoms with Crippen molar-refractivity contribution in [1.29, 1.82) is 0 Å². The summed E-state index contributed by atoms with van der Waals surface area (Å²) in [5.74, 6) is 1.01. The standard InChI is InChI=1S/C16H20BrN3O/c1-12-14-4-2-3-5-15(14)16(19-18-12)20-9-6-13(7-10-20)21-11-8-17/h2-5,13H,6-11H2,1H3. The Morgan fingerprint density at radius 1 is 1.19 bits per heavy atom. The molecule has 112 valence electrons. The van der Waals surface area contributed by atoms with Crippen LogP contribution < -0.4 is 4.90 Å². The third-order valence-electron chi connectivity index (χ3n) is 4.02. The quantitative estimate of drug-likeness (QED) is 0.793. The summed E-state index contributed by atoms with van der Waals surface area (Å²) in [5, 5.41) is 12.1. The number of hydrogen-bond donors (Lipinski definition) is 0.